The smallest absolute Gasteiger partial charge is 0.200 e. The Balaban J connectivity index is 1.82. The van der Waals surface area contributed by atoms with Crippen LogP contribution in [0.5, 0.6) is 0 Å². The summed E-state index contributed by atoms with van der Waals surface area (Å²) in [6.07, 6.45) is 0. The van der Waals surface area contributed by atoms with Gasteiger partial charge in [0.1, 0.15) is 0 Å². The number of rotatable bonds is 4. The summed E-state index contributed by atoms with van der Waals surface area (Å²) in [4.78, 5) is 0.334. The first-order valence-corrected chi connectivity index (χ1v) is 11.6. The van der Waals surface area contributed by atoms with Gasteiger partial charge < -0.3 is 0 Å². The van der Waals surface area contributed by atoms with E-state index >= 15 is 0 Å². The van der Waals surface area contributed by atoms with Gasteiger partial charge >= 0.3 is 0 Å². The molecular formula is C24H23ClN2O2S. The molecule has 3 aromatic rings. The van der Waals surface area contributed by atoms with E-state index in [0.29, 0.717) is 9.92 Å². The zero-order valence-electron chi connectivity index (χ0n) is 17.1. The normalized spacial score (nSPS) is 16.6. The van der Waals surface area contributed by atoms with Crippen molar-refractivity contribution in [3.63, 3.8) is 0 Å². The third kappa shape index (κ3) is 3.75. The highest BCUT2D eigenvalue weighted by molar-refractivity contribution is 7.89. The second-order valence-electron chi connectivity index (χ2n) is 7.69. The molecule has 3 aromatic carbocycles. The lowest BCUT2D eigenvalue weighted by Gasteiger charge is -2.19. The van der Waals surface area contributed by atoms with Crippen LogP contribution >= 0.6 is 11.6 Å². The highest BCUT2D eigenvalue weighted by atomic mass is 35.5. The van der Waals surface area contributed by atoms with E-state index in [2.05, 4.69) is 5.10 Å². The van der Waals surface area contributed by atoms with Crippen LogP contribution < -0.4 is 0 Å². The number of sulfonamides is 1. The quantitative estimate of drug-likeness (QED) is 0.543. The fourth-order valence-corrected chi connectivity index (χ4v) is 5.94. The van der Waals surface area contributed by atoms with Crippen molar-refractivity contribution in [2.45, 2.75) is 31.6 Å². The molecule has 1 atom stereocenters. The molecule has 4 nitrogen and oxygen atoms in total. The summed E-state index contributed by atoms with van der Waals surface area (Å²) in [5.41, 5.74) is 5.13. The van der Waals surface area contributed by atoms with Crippen molar-refractivity contribution < 1.29 is 8.42 Å². The minimum atomic E-state index is -3.79. The molecule has 1 aliphatic rings. The van der Waals surface area contributed by atoms with Crippen molar-refractivity contribution in [2.75, 3.05) is 6.54 Å². The van der Waals surface area contributed by atoms with Crippen molar-refractivity contribution in [3.8, 4) is 0 Å². The summed E-state index contributed by atoms with van der Waals surface area (Å²) < 4.78 is 28.4. The van der Waals surface area contributed by atoms with Crippen LogP contribution in [0.25, 0.3) is 0 Å². The summed E-state index contributed by atoms with van der Waals surface area (Å²) >= 11 is 6.05. The molecule has 30 heavy (non-hydrogen) atoms. The molecule has 0 radical (unpaired) electrons. The lowest BCUT2D eigenvalue weighted by atomic mass is 9.91. The van der Waals surface area contributed by atoms with Gasteiger partial charge in [0.05, 0.1) is 17.2 Å². The van der Waals surface area contributed by atoms with Crippen LogP contribution in [0.1, 0.15) is 33.7 Å². The Morgan fingerprint density at radius 3 is 2.13 bits per heavy atom. The number of nitrogens with zero attached hydrogens (tertiary/aromatic N) is 2. The molecule has 0 N–H and O–H groups in total. The van der Waals surface area contributed by atoms with Gasteiger partial charge in [-0.2, -0.15) is 17.9 Å². The van der Waals surface area contributed by atoms with Crippen molar-refractivity contribution in [3.05, 3.63) is 99.6 Å². The Kier molecular flexibility index (Phi) is 5.43. The molecule has 0 amide bonds. The Morgan fingerprint density at radius 2 is 1.53 bits per heavy atom. The topological polar surface area (TPSA) is 49.7 Å². The highest BCUT2D eigenvalue weighted by Gasteiger charge is 2.37. The molecular weight excluding hydrogens is 416 g/mol. The first-order chi connectivity index (χ1) is 14.3. The molecule has 0 fully saturated rings. The standard InChI is InChI=1S/C24H23ClN2O2S/c1-16-13-17(2)24(18(3)14-16)30(28,29)27-15-22(19-7-5-4-6-8-19)23(26-27)20-9-11-21(25)12-10-20/h4-14,22H,15H2,1-3H3. The van der Waals surface area contributed by atoms with Crippen molar-refractivity contribution in [2.24, 2.45) is 5.10 Å². The van der Waals surface area contributed by atoms with Crippen LogP contribution in [0.4, 0.5) is 0 Å². The zero-order chi connectivity index (χ0) is 21.5. The second-order valence-corrected chi connectivity index (χ2v) is 9.91. The van der Waals surface area contributed by atoms with Crippen molar-refractivity contribution in [1.29, 1.82) is 0 Å². The number of hydrogen-bond donors (Lipinski definition) is 0. The van der Waals surface area contributed by atoms with Gasteiger partial charge in [-0.05, 0) is 55.2 Å². The molecule has 0 aliphatic carbocycles. The average molecular weight is 439 g/mol. The molecule has 0 saturated carbocycles. The lowest BCUT2D eigenvalue weighted by molar-refractivity contribution is 0.450. The fraction of sp³-hybridized carbons (Fsp3) is 0.208. The predicted molar refractivity (Wildman–Crippen MR) is 122 cm³/mol. The van der Waals surface area contributed by atoms with Gasteiger partial charge in [-0.25, -0.2) is 0 Å². The number of benzene rings is 3. The van der Waals surface area contributed by atoms with E-state index in [1.54, 1.807) is 12.1 Å². The van der Waals surface area contributed by atoms with Gasteiger partial charge in [0.15, 0.2) is 0 Å². The molecule has 154 valence electrons. The van der Waals surface area contributed by atoms with E-state index in [0.717, 1.165) is 33.5 Å². The van der Waals surface area contributed by atoms with Crippen molar-refractivity contribution in [1.82, 2.24) is 4.41 Å². The minimum absolute atomic E-state index is 0.159. The molecule has 0 spiro atoms. The molecule has 6 heteroatoms. The lowest BCUT2D eigenvalue weighted by Crippen LogP contribution is -2.27. The maximum Gasteiger partial charge on any atom is 0.279 e. The van der Waals surface area contributed by atoms with E-state index in [-0.39, 0.29) is 12.5 Å². The Labute approximate surface area is 182 Å². The summed E-state index contributed by atoms with van der Waals surface area (Å²) in [6, 6.07) is 21.0. The van der Waals surface area contributed by atoms with Crippen LogP contribution in [0.2, 0.25) is 5.02 Å². The molecule has 1 aliphatic heterocycles. The van der Waals surface area contributed by atoms with Gasteiger partial charge in [0.25, 0.3) is 10.0 Å². The Hall–Kier alpha value is -2.63. The van der Waals surface area contributed by atoms with E-state index < -0.39 is 10.0 Å². The van der Waals surface area contributed by atoms with Gasteiger partial charge in [-0.1, -0.05) is 71.8 Å². The van der Waals surface area contributed by atoms with Crippen LogP contribution in [-0.4, -0.2) is 25.1 Å². The van der Waals surface area contributed by atoms with Crippen LogP contribution in [0.3, 0.4) is 0 Å². The molecule has 1 heterocycles. The molecule has 0 bridgehead atoms. The number of hydrazone groups is 1. The summed E-state index contributed by atoms with van der Waals surface area (Å²) in [5, 5.41) is 5.25. The Morgan fingerprint density at radius 1 is 0.933 bits per heavy atom. The maximum absolute atomic E-state index is 13.6. The number of hydrogen-bond acceptors (Lipinski definition) is 3. The monoisotopic (exact) mass is 438 g/mol. The van der Waals surface area contributed by atoms with Gasteiger partial charge in [0, 0.05) is 10.9 Å². The zero-order valence-corrected chi connectivity index (χ0v) is 18.7. The summed E-state index contributed by atoms with van der Waals surface area (Å²) in [7, 11) is -3.79. The number of aryl methyl sites for hydroxylation is 3. The van der Waals surface area contributed by atoms with Crippen molar-refractivity contribution >= 4 is 27.3 Å². The third-order valence-corrected chi connectivity index (χ3v) is 7.57. The SMILES string of the molecule is Cc1cc(C)c(S(=O)(=O)N2CC(c3ccccc3)C(c3ccc(Cl)cc3)=N2)c(C)c1. The molecule has 4 rings (SSSR count). The average Bonchev–Trinajstić information content (AvgIpc) is 3.14. The summed E-state index contributed by atoms with van der Waals surface area (Å²) in [5.74, 6) is -0.159. The van der Waals surface area contributed by atoms with Gasteiger partial charge in [-0.3, -0.25) is 0 Å². The van der Waals surface area contributed by atoms with Gasteiger partial charge in [-0.15, -0.1) is 0 Å². The first kappa shape index (κ1) is 20.6. The van der Waals surface area contributed by atoms with E-state index in [1.165, 1.54) is 4.41 Å². The van der Waals surface area contributed by atoms with Crippen LogP contribution in [0, 0.1) is 20.8 Å². The first-order valence-electron chi connectivity index (χ1n) is 9.77. The molecule has 1 unspecified atom stereocenters. The Bertz CT molecular complexity index is 1200. The predicted octanol–water partition coefficient (Wildman–Crippen LogP) is 5.46. The maximum atomic E-state index is 13.6. The van der Waals surface area contributed by atoms with Gasteiger partial charge in [0.2, 0.25) is 0 Å². The van der Waals surface area contributed by atoms with E-state index in [9.17, 15) is 8.42 Å². The van der Waals surface area contributed by atoms with E-state index in [1.807, 2.05) is 75.4 Å². The van der Waals surface area contributed by atoms with Crippen LogP contribution in [0.15, 0.2) is 76.7 Å². The molecule has 0 saturated heterocycles. The minimum Gasteiger partial charge on any atom is -0.200 e. The molecule has 0 aromatic heterocycles. The van der Waals surface area contributed by atoms with Crippen LogP contribution in [-0.2, 0) is 10.0 Å². The van der Waals surface area contributed by atoms with E-state index in [4.69, 9.17) is 11.6 Å². The number of halogens is 1. The largest absolute Gasteiger partial charge is 0.279 e. The fourth-order valence-electron chi connectivity index (χ4n) is 4.13. The summed E-state index contributed by atoms with van der Waals surface area (Å²) in [6.45, 7) is 5.90. The second kappa shape index (κ2) is 7.89. The highest BCUT2D eigenvalue weighted by Crippen LogP contribution is 2.34. The third-order valence-electron chi connectivity index (χ3n) is 5.37.